The predicted molar refractivity (Wildman–Crippen MR) is 95.7 cm³/mol. The highest BCUT2D eigenvalue weighted by Crippen LogP contribution is 2.17. The van der Waals surface area contributed by atoms with E-state index in [1.807, 2.05) is 38.1 Å². The zero-order chi connectivity index (χ0) is 17.6. The Hall–Kier alpha value is -2.18. The molecule has 0 aliphatic heterocycles. The Morgan fingerprint density at radius 3 is 2.29 bits per heavy atom. The van der Waals surface area contributed by atoms with Gasteiger partial charge in [0.2, 0.25) is 10.0 Å². The van der Waals surface area contributed by atoms with Gasteiger partial charge in [0.15, 0.2) is 0 Å². The number of sulfonamides is 1. The van der Waals surface area contributed by atoms with Crippen LogP contribution in [0.4, 0.5) is 5.69 Å². The maximum Gasteiger partial charge on any atom is 0.255 e. The number of carbonyl (C=O) groups is 1. The molecule has 0 aromatic heterocycles. The molecule has 24 heavy (non-hydrogen) atoms. The van der Waals surface area contributed by atoms with Crippen LogP contribution in [-0.4, -0.2) is 20.9 Å². The van der Waals surface area contributed by atoms with Gasteiger partial charge in [-0.3, -0.25) is 4.79 Å². The monoisotopic (exact) mass is 346 g/mol. The molecular weight excluding hydrogens is 324 g/mol. The first-order valence-corrected chi connectivity index (χ1v) is 9.45. The normalized spacial score (nSPS) is 11.2. The summed E-state index contributed by atoms with van der Waals surface area (Å²) >= 11 is 0. The topological polar surface area (TPSA) is 75.3 Å². The van der Waals surface area contributed by atoms with Crippen molar-refractivity contribution in [2.24, 2.45) is 0 Å². The molecule has 2 aromatic rings. The van der Waals surface area contributed by atoms with Crippen molar-refractivity contribution in [1.29, 1.82) is 0 Å². The third-order valence-corrected chi connectivity index (χ3v) is 5.09. The smallest absolute Gasteiger partial charge is 0.255 e. The first-order chi connectivity index (χ1) is 11.5. The fraction of sp³-hybridized carbons (Fsp3) is 0.278. The summed E-state index contributed by atoms with van der Waals surface area (Å²) in [4.78, 5) is 12.5. The molecule has 0 bridgehead atoms. The zero-order valence-corrected chi connectivity index (χ0v) is 14.7. The number of aryl methyl sites for hydroxylation is 1. The fourth-order valence-corrected chi connectivity index (χ4v) is 3.38. The second-order valence-corrected chi connectivity index (χ2v) is 7.15. The lowest BCUT2D eigenvalue weighted by atomic mass is 10.1. The summed E-state index contributed by atoms with van der Waals surface area (Å²) in [5, 5.41) is 2.87. The molecule has 2 aromatic carbocycles. The van der Waals surface area contributed by atoms with E-state index in [0.29, 0.717) is 12.1 Å². The standard InChI is InChI=1S/C18H22N2O3S/c1-3-13-19-24(22,23)16-11-9-15(10-12-16)18(21)20-17-8-6-5-7-14(17)4-2/h5-12,19H,3-4,13H2,1-2H3,(H,20,21). The molecule has 0 unspecified atom stereocenters. The van der Waals surface area contributed by atoms with Crippen LogP contribution in [0, 0.1) is 0 Å². The van der Waals surface area contributed by atoms with E-state index in [9.17, 15) is 13.2 Å². The summed E-state index contributed by atoms with van der Waals surface area (Å²) < 4.78 is 26.6. The number of anilines is 1. The number of hydrogen-bond donors (Lipinski definition) is 2. The van der Waals surface area contributed by atoms with Gasteiger partial charge in [-0.15, -0.1) is 0 Å². The summed E-state index contributed by atoms with van der Waals surface area (Å²) in [7, 11) is -3.52. The minimum atomic E-state index is -3.52. The van der Waals surface area contributed by atoms with E-state index in [1.54, 1.807) is 0 Å². The van der Waals surface area contributed by atoms with Crippen LogP contribution in [0.5, 0.6) is 0 Å². The molecule has 128 valence electrons. The van der Waals surface area contributed by atoms with Gasteiger partial charge in [-0.05, 0) is 48.7 Å². The van der Waals surface area contributed by atoms with Crippen LogP contribution in [0.3, 0.4) is 0 Å². The minimum Gasteiger partial charge on any atom is -0.322 e. The second-order valence-electron chi connectivity index (χ2n) is 5.39. The molecule has 2 rings (SSSR count). The lowest BCUT2D eigenvalue weighted by Crippen LogP contribution is -2.24. The highest BCUT2D eigenvalue weighted by Gasteiger charge is 2.14. The highest BCUT2D eigenvalue weighted by molar-refractivity contribution is 7.89. The van der Waals surface area contributed by atoms with Crippen LogP contribution in [0.25, 0.3) is 0 Å². The molecule has 0 fully saturated rings. The molecule has 0 aliphatic rings. The molecule has 2 N–H and O–H groups in total. The average molecular weight is 346 g/mol. The quantitative estimate of drug-likeness (QED) is 0.808. The van der Waals surface area contributed by atoms with Gasteiger partial charge in [0, 0.05) is 17.8 Å². The molecular formula is C18H22N2O3S. The first kappa shape index (κ1) is 18.2. The van der Waals surface area contributed by atoms with Gasteiger partial charge in [-0.1, -0.05) is 32.0 Å². The van der Waals surface area contributed by atoms with Crippen LogP contribution >= 0.6 is 0 Å². The maximum absolute atomic E-state index is 12.3. The molecule has 0 spiro atoms. The third-order valence-electron chi connectivity index (χ3n) is 3.62. The van der Waals surface area contributed by atoms with Gasteiger partial charge >= 0.3 is 0 Å². The molecule has 5 nitrogen and oxygen atoms in total. The molecule has 0 heterocycles. The average Bonchev–Trinajstić information content (AvgIpc) is 2.60. The fourth-order valence-electron chi connectivity index (χ4n) is 2.25. The van der Waals surface area contributed by atoms with Gasteiger partial charge in [-0.25, -0.2) is 13.1 Å². The van der Waals surface area contributed by atoms with E-state index >= 15 is 0 Å². The Labute approximate surface area is 143 Å². The van der Waals surface area contributed by atoms with Crippen molar-refractivity contribution in [2.45, 2.75) is 31.6 Å². The van der Waals surface area contributed by atoms with E-state index in [-0.39, 0.29) is 10.8 Å². The van der Waals surface area contributed by atoms with E-state index in [1.165, 1.54) is 24.3 Å². The summed E-state index contributed by atoms with van der Waals surface area (Å²) in [6, 6.07) is 13.5. The maximum atomic E-state index is 12.3. The van der Waals surface area contributed by atoms with Crippen molar-refractivity contribution < 1.29 is 13.2 Å². The lowest BCUT2D eigenvalue weighted by molar-refractivity contribution is 0.102. The van der Waals surface area contributed by atoms with Gasteiger partial charge < -0.3 is 5.32 Å². The van der Waals surface area contributed by atoms with Crippen molar-refractivity contribution in [1.82, 2.24) is 4.72 Å². The van der Waals surface area contributed by atoms with Crippen molar-refractivity contribution in [3.63, 3.8) is 0 Å². The van der Waals surface area contributed by atoms with Crippen LogP contribution in [-0.2, 0) is 16.4 Å². The summed E-state index contributed by atoms with van der Waals surface area (Å²) in [6.07, 6.45) is 1.54. The van der Waals surface area contributed by atoms with E-state index < -0.39 is 10.0 Å². The van der Waals surface area contributed by atoms with Gasteiger partial charge in [0.1, 0.15) is 0 Å². The number of carbonyl (C=O) groups excluding carboxylic acids is 1. The van der Waals surface area contributed by atoms with Crippen molar-refractivity contribution in [3.8, 4) is 0 Å². The largest absolute Gasteiger partial charge is 0.322 e. The van der Waals surface area contributed by atoms with Crippen LogP contribution in [0.1, 0.15) is 36.2 Å². The number of benzene rings is 2. The number of para-hydroxylation sites is 1. The van der Waals surface area contributed by atoms with Gasteiger partial charge in [-0.2, -0.15) is 0 Å². The second kappa shape index (κ2) is 8.08. The van der Waals surface area contributed by atoms with E-state index in [4.69, 9.17) is 0 Å². The van der Waals surface area contributed by atoms with Crippen LogP contribution in [0.2, 0.25) is 0 Å². The van der Waals surface area contributed by atoms with Crippen molar-refractivity contribution in [3.05, 3.63) is 59.7 Å². The molecule has 0 radical (unpaired) electrons. The molecule has 0 atom stereocenters. The highest BCUT2D eigenvalue weighted by atomic mass is 32.2. The van der Waals surface area contributed by atoms with Crippen LogP contribution < -0.4 is 10.0 Å². The molecule has 0 saturated carbocycles. The Morgan fingerprint density at radius 2 is 1.67 bits per heavy atom. The van der Waals surface area contributed by atoms with Crippen molar-refractivity contribution >= 4 is 21.6 Å². The van der Waals surface area contributed by atoms with Gasteiger partial charge in [0.05, 0.1) is 4.90 Å². The molecule has 0 aliphatic carbocycles. The Morgan fingerprint density at radius 1 is 1.00 bits per heavy atom. The third kappa shape index (κ3) is 4.43. The molecule has 1 amide bonds. The summed E-state index contributed by atoms with van der Waals surface area (Å²) in [5.74, 6) is -0.263. The number of nitrogens with one attached hydrogen (secondary N) is 2. The van der Waals surface area contributed by atoms with Crippen LogP contribution in [0.15, 0.2) is 53.4 Å². The SMILES string of the molecule is CCCNS(=O)(=O)c1ccc(C(=O)Nc2ccccc2CC)cc1. The van der Waals surface area contributed by atoms with E-state index in [0.717, 1.165) is 24.1 Å². The molecule has 6 heteroatoms. The zero-order valence-electron chi connectivity index (χ0n) is 13.9. The van der Waals surface area contributed by atoms with Gasteiger partial charge in [0.25, 0.3) is 5.91 Å². The van der Waals surface area contributed by atoms with Crippen molar-refractivity contribution in [2.75, 3.05) is 11.9 Å². The Kier molecular flexibility index (Phi) is 6.11. The number of hydrogen-bond acceptors (Lipinski definition) is 3. The summed E-state index contributed by atoms with van der Waals surface area (Å²) in [5.41, 5.74) is 2.23. The Balaban J connectivity index is 2.14. The number of rotatable bonds is 7. The summed E-state index contributed by atoms with van der Waals surface area (Å²) in [6.45, 7) is 4.30. The minimum absolute atomic E-state index is 0.154. The number of amides is 1. The first-order valence-electron chi connectivity index (χ1n) is 7.97. The molecule has 0 saturated heterocycles. The lowest BCUT2D eigenvalue weighted by Gasteiger charge is -2.10. The Bertz CT molecular complexity index is 799. The van der Waals surface area contributed by atoms with E-state index in [2.05, 4.69) is 10.0 Å². The predicted octanol–water partition coefficient (Wildman–Crippen LogP) is 3.19.